The standard InChI is InChI=1S/C23H27BO4/c1-16(14-27-22(25)18(3)20-12-8-5-9-13-20)15-28-23(26)21(24)17(2)19-10-6-4-7-11-19/h4-13,16-18,21H,14-15H2,1-3H3. The van der Waals surface area contributed by atoms with Crippen LogP contribution in [0.4, 0.5) is 0 Å². The molecule has 0 aliphatic heterocycles. The van der Waals surface area contributed by atoms with Crippen molar-refractivity contribution in [1.82, 2.24) is 0 Å². The van der Waals surface area contributed by atoms with Crippen LogP contribution in [0.25, 0.3) is 0 Å². The van der Waals surface area contributed by atoms with Crippen LogP contribution in [0.2, 0.25) is 5.82 Å². The molecule has 0 N–H and O–H groups in total. The highest BCUT2D eigenvalue weighted by Crippen LogP contribution is 2.27. The quantitative estimate of drug-likeness (QED) is 0.483. The molecule has 2 radical (unpaired) electrons. The molecule has 4 atom stereocenters. The van der Waals surface area contributed by atoms with E-state index in [2.05, 4.69) is 0 Å². The van der Waals surface area contributed by atoms with Crippen LogP contribution in [-0.4, -0.2) is 33.0 Å². The van der Waals surface area contributed by atoms with Crippen LogP contribution in [0.3, 0.4) is 0 Å². The summed E-state index contributed by atoms with van der Waals surface area (Å²) < 4.78 is 10.7. The molecule has 2 aromatic rings. The average molecular weight is 378 g/mol. The number of ether oxygens (including phenoxy) is 2. The van der Waals surface area contributed by atoms with E-state index in [1.165, 1.54) is 0 Å². The molecule has 4 unspecified atom stereocenters. The molecule has 5 heteroatoms. The van der Waals surface area contributed by atoms with Gasteiger partial charge in [0.2, 0.25) is 0 Å². The third-order valence-corrected chi connectivity index (χ3v) is 4.81. The lowest BCUT2D eigenvalue weighted by molar-refractivity contribution is -0.149. The summed E-state index contributed by atoms with van der Waals surface area (Å²) in [5.41, 5.74) is 1.90. The van der Waals surface area contributed by atoms with Crippen molar-refractivity contribution in [2.24, 2.45) is 5.92 Å². The fraction of sp³-hybridized carbons (Fsp3) is 0.391. The lowest BCUT2D eigenvalue weighted by Gasteiger charge is -2.21. The van der Waals surface area contributed by atoms with E-state index >= 15 is 0 Å². The van der Waals surface area contributed by atoms with E-state index in [0.717, 1.165) is 11.1 Å². The number of esters is 2. The van der Waals surface area contributed by atoms with Crippen molar-refractivity contribution in [2.75, 3.05) is 13.2 Å². The van der Waals surface area contributed by atoms with Crippen LogP contribution in [-0.2, 0) is 19.1 Å². The molecule has 28 heavy (non-hydrogen) atoms. The summed E-state index contributed by atoms with van der Waals surface area (Å²) in [6, 6.07) is 19.1. The Balaban J connectivity index is 1.75. The highest BCUT2D eigenvalue weighted by Gasteiger charge is 2.23. The van der Waals surface area contributed by atoms with Crippen molar-refractivity contribution in [3.8, 4) is 0 Å². The average Bonchev–Trinajstić information content (AvgIpc) is 2.75. The number of carbonyl (C=O) groups is 2. The Morgan fingerprint density at radius 2 is 1.25 bits per heavy atom. The molecule has 0 spiro atoms. The summed E-state index contributed by atoms with van der Waals surface area (Å²) >= 11 is 0. The Kier molecular flexibility index (Phi) is 8.30. The van der Waals surface area contributed by atoms with Crippen LogP contribution in [0.5, 0.6) is 0 Å². The first kappa shape index (κ1) is 21.7. The highest BCUT2D eigenvalue weighted by atomic mass is 16.5. The van der Waals surface area contributed by atoms with Crippen molar-refractivity contribution in [3.63, 3.8) is 0 Å². The summed E-state index contributed by atoms with van der Waals surface area (Å²) in [5.74, 6) is -2.08. The zero-order valence-electron chi connectivity index (χ0n) is 16.7. The number of carbonyl (C=O) groups excluding carboxylic acids is 2. The molecule has 0 aliphatic carbocycles. The topological polar surface area (TPSA) is 52.6 Å². The first-order valence-electron chi connectivity index (χ1n) is 9.59. The summed E-state index contributed by atoms with van der Waals surface area (Å²) in [4.78, 5) is 24.4. The smallest absolute Gasteiger partial charge is 0.313 e. The molecule has 0 bridgehead atoms. The van der Waals surface area contributed by atoms with Gasteiger partial charge in [-0.05, 0) is 24.0 Å². The van der Waals surface area contributed by atoms with Gasteiger partial charge >= 0.3 is 11.9 Å². The van der Waals surface area contributed by atoms with E-state index in [1.54, 1.807) is 0 Å². The Hall–Kier alpha value is -2.56. The van der Waals surface area contributed by atoms with Gasteiger partial charge < -0.3 is 9.47 Å². The number of benzene rings is 2. The molecule has 146 valence electrons. The number of rotatable bonds is 9. The van der Waals surface area contributed by atoms with E-state index in [-0.39, 0.29) is 36.9 Å². The van der Waals surface area contributed by atoms with E-state index in [4.69, 9.17) is 17.3 Å². The summed E-state index contributed by atoms with van der Waals surface area (Å²) in [5, 5.41) is 0. The Morgan fingerprint density at radius 1 is 0.786 bits per heavy atom. The molecule has 0 saturated heterocycles. The minimum absolute atomic E-state index is 0.116. The minimum Gasteiger partial charge on any atom is -0.466 e. The van der Waals surface area contributed by atoms with Crippen LogP contribution in [0.1, 0.15) is 43.7 Å². The van der Waals surface area contributed by atoms with Gasteiger partial charge in [0.05, 0.1) is 27.0 Å². The number of hydrogen-bond acceptors (Lipinski definition) is 4. The second kappa shape index (κ2) is 10.7. The summed E-state index contributed by atoms with van der Waals surface area (Å²) in [6.07, 6.45) is 0. The second-order valence-electron chi connectivity index (χ2n) is 7.22. The maximum atomic E-state index is 12.2. The van der Waals surface area contributed by atoms with Gasteiger partial charge in [-0.25, -0.2) is 0 Å². The van der Waals surface area contributed by atoms with E-state index in [9.17, 15) is 9.59 Å². The van der Waals surface area contributed by atoms with Crippen molar-refractivity contribution in [3.05, 3.63) is 71.8 Å². The molecular formula is C23H27BO4. The Bertz CT molecular complexity index is 748. The molecule has 0 saturated carbocycles. The van der Waals surface area contributed by atoms with Crippen molar-refractivity contribution in [2.45, 2.75) is 38.4 Å². The van der Waals surface area contributed by atoms with Gasteiger partial charge in [0.1, 0.15) is 0 Å². The molecule has 4 nitrogen and oxygen atoms in total. The summed E-state index contributed by atoms with van der Waals surface area (Å²) in [6.45, 7) is 5.91. The molecule has 0 heterocycles. The third kappa shape index (κ3) is 6.26. The van der Waals surface area contributed by atoms with Crippen LogP contribution in [0.15, 0.2) is 60.7 Å². The van der Waals surface area contributed by atoms with E-state index < -0.39 is 11.8 Å². The Morgan fingerprint density at radius 3 is 1.79 bits per heavy atom. The lowest BCUT2D eigenvalue weighted by atomic mass is 9.74. The normalized spacial score (nSPS) is 15.1. The first-order valence-corrected chi connectivity index (χ1v) is 9.59. The van der Waals surface area contributed by atoms with Gasteiger partial charge in [0.15, 0.2) is 0 Å². The van der Waals surface area contributed by atoms with Crippen LogP contribution in [0, 0.1) is 5.92 Å². The second-order valence-corrected chi connectivity index (χ2v) is 7.22. The van der Waals surface area contributed by atoms with Gasteiger partial charge in [-0.15, -0.1) is 0 Å². The maximum absolute atomic E-state index is 12.2. The van der Waals surface area contributed by atoms with Crippen molar-refractivity contribution in [1.29, 1.82) is 0 Å². The highest BCUT2D eigenvalue weighted by molar-refractivity contribution is 6.23. The zero-order chi connectivity index (χ0) is 20.5. The molecular weight excluding hydrogens is 351 g/mol. The minimum atomic E-state index is -0.741. The van der Waals surface area contributed by atoms with Crippen molar-refractivity contribution < 1.29 is 19.1 Å². The maximum Gasteiger partial charge on any atom is 0.313 e. The van der Waals surface area contributed by atoms with Gasteiger partial charge in [-0.3, -0.25) is 9.59 Å². The van der Waals surface area contributed by atoms with E-state index in [1.807, 2.05) is 81.4 Å². The van der Waals surface area contributed by atoms with Gasteiger partial charge in [0.25, 0.3) is 0 Å². The summed E-state index contributed by atoms with van der Waals surface area (Å²) in [7, 11) is 6.05. The zero-order valence-corrected chi connectivity index (χ0v) is 16.7. The predicted octanol–water partition coefficient (Wildman–Crippen LogP) is 4.27. The third-order valence-electron chi connectivity index (χ3n) is 4.81. The molecule has 0 amide bonds. The van der Waals surface area contributed by atoms with Crippen LogP contribution >= 0.6 is 0 Å². The molecule has 2 aromatic carbocycles. The van der Waals surface area contributed by atoms with Gasteiger partial charge in [-0.1, -0.05) is 74.5 Å². The largest absolute Gasteiger partial charge is 0.466 e. The SMILES string of the molecule is [B]C(C(=O)OCC(C)COC(=O)C(C)c1ccccc1)C(C)c1ccccc1. The molecule has 0 aromatic heterocycles. The first-order chi connectivity index (χ1) is 13.4. The monoisotopic (exact) mass is 378 g/mol. The van der Waals surface area contributed by atoms with E-state index in [0.29, 0.717) is 0 Å². The predicted molar refractivity (Wildman–Crippen MR) is 110 cm³/mol. The molecule has 2 rings (SSSR count). The molecule has 0 fully saturated rings. The Labute approximate surface area is 168 Å². The molecule has 0 aliphatic rings. The fourth-order valence-corrected chi connectivity index (χ4v) is 2.76. The van der Waals surface area contributed by atoms with Crippen LogP contribution < -0.4 is 0 Å². The fourth-order valence-electron chi connectivity index (χ4n) is 2.76. The van der Waals surface area contributed by atoms with Gasteiger partial charge in [0, 0.05) is 11.7 Å². The van der Waals surface area contributed by atoms with Crippen molar-refractivity contribution >= 4 is 19.8 Å². The lowest BCUT2D eigenvalue weighted by Crippen LogP contribution is -2.24. The van der Waals surface area contributed by atoms with Gasteiger partial charge in [-0.2, -0.15) is 0 Å². The number of hydrogen-bond donors (Lipinski definition) is 0.